The molecule has 5 rings (SSSR count). The van der Waals surface area contributed by atoms with Crippen LogP contribution in [-0.2, 0) is 22.5 Å². The number of aryl methyl sites for hydroxylation is 2. The highest BCUT2D eigenvalue weighted by Crippen LogP contribution is 2.49. The summed E-state index contributed by atoms with van der Waals surface area (Å²) in [7, 11) is -0.745. The largest absolute Gasteiger partial charge is 0.384 e. The molecule has 4 aromatic rings. The first kappa shape index (κ1) is 27.6. The van der Waals surface area contributed by atoms with Crippen LogP contribution in [0.1, 0.15) is 49.6 Å². The summed E-state index contributed by atoms with van der Waals surface area (Å²) in [5.41, 5.74) is 1.27. The average molecular weight is 573 g/mol. The Balaban J connectivity index is 1.75. The van der Waals surface area contributed by atoms with Crippen LogP contribution < -0.4 is 10.2 Å². The average Bonchev–Trinajstić information content (AvgIpc) is 3.47. The Morgan fingerprint density at radius 1 is 1.18 bits per heavy atom. The summed E-state index contributed by atoms with van der Waals surface area (Å²) in [5.74, 6) is -1.26. The molecule has 14 heteroatoms. The van der Waals surface area contributed by atoms with Crippen molar-refractivity contribution in [2.24, 2.45) is 7.05 Å². The second-order valence-corrected chi connectivity index (χ2v) is 12.6. The van der Waals surface area contributed by atoms with E-state index in [0.717, 1.165) is 47.4 Å². The molecule has 1 aliphatic carbocycles. The lowest BCUT2D eigenvalue weighted by molar-refractivity contribution is 0.0701. The van der Waals surface area contributed by atoms with Crippen LogP contribution in [0, 0.1) is 18.6 Å². The lowest BCUT2D eigenvalue weighted by atomic mass is 9.95. The zero-order valence-electron chi connectivity index (χ0n) is 22.9. The lowest BCUT2D eigenvalue weighted by Crippen LogP contribution is -2.22. The van der Waals surface area contributed by atoms with E-state index in [0.29, 0.717) is 28.6 Å². The number of aromatic nitrogens is 6. The number of aliphatic hydroxyl groups is 1. The van der Waals surface area contributed by atoms with E-state index in [1.165, 1.54) is 7.05 Å². The number of halogens is 2. The Labute approximate surface area is 230 Å². The number of benzene rings is 1. The molecular formula is C26H30F2N8O3S. The van der Waals surface area contributed by atoms with E-state index in [-0.39, 0.29) is 11.9 Å². The summed E-state index contributed by atoms with van der Waals surface area (Å²) in [5, 5.41) is 25.7. The van der Waals surface area contributed by atoms with Gasteiger partial charge in [-0.2, -0.15) is 15.2 Å². The number of hydrogen-bond donors (Lipinski definition) is 3. The number of aromatic amines is 1. The van der Waals surface area contributed by atoms with E-state index in [9.17, 15) is 13.5 Å². The number of sulfone groups is 1. The molecule has 3 N–H and O–H groups in total. The van der Waals surface area contributed by atoms with Gasteiger partial charge in [-0.3, -0.25) is 9.78 Å². The van der Waals surface area contributed by atoms with Crippen LogP contribution >= 0.6 is 0 Å². The van der Waals surface area contributed by atoms with E-state index in [2.05, 4.69) is 25.6 Å². The normalized spacial score (nSPS) is 14.0. The molecule has 1 fully saturated rings. The zero-order valence-corrected chi connectivity index (χ0v) is 23.7. The molecule has 0 bridgehead atoms. The van der Waals surface area contributed by atoms with Crippen molar-refractivity contribution in [1.82, 2.24) is 29.9 Å². The highest BCUT2D eigenvalue weighted by molar-refractivity contribution is 7.90. The van der Waals surface area contributed by atoms with Crippen molar-refractivity contribution in [3.63, 3.8) is 0 Å². The Kier molecular flexibility index (Phi) is 6.65. The van der Waals surface area contributed by atoms with Gasteiger partial charge in [-0.15, -0.1) is 0 Å². The summed E-state index contributed by atoms with van der Waals surface area (Å²) in [6.45, 7) is 5.12. The number of H-pyrrole nitrogens is 1. The van der Waals surface area contributed by atoms with Gasteiger partial charge in [-0.25, -0.2) is 22.2 Å². The fourth-order valence-corrected chi connectivity index (χ4v) is 5.42. The van der Waals surface area contributed by atoms with E-state index in [1.807, 2.05) is 6.92 Å². The highest BCUT2D eigenvalue weighted by Gasteiger charge is 2.36. The van der Waals surface area contributed by atoms with Crippen LogP contribution in [0.15, 0.2) is 29.3 Å². The van der Waals surface area contributed by atoms with E-state index in [4.69, 9.17) is 4.98 Å². The minimum atomic E-state index is -3.84. The minimum absolute atomic E-state index is 0.0652. The summed E-state index contributed by atoms with van der Waals surface area (Å²) < 4.78 is 55.8. The molecule has 3 aromatic heterocycles. The molecule has 0 spiro atoms. The van der Waals surface area contributed by atoms with Crippen LogP contribution in [0.3, 0.4) is 0 Å². The van der Waals surface area contributed by atoms with Crippen LogP contribution in [0.2, 0.25) is 0 Å². The van der Waals surface area contributed by atoms with Crippen molar-refractivity contribution in [3.8, 4) is 11.3 Å². The van der Waals surface area contributed by atoms with E-state index < -0.39 is 37.7 Å². The highest BCUT2D eigenvalue weighted by atomic mass is 32.2. The molecule has 0 radical (unpaired) electrons. The first-order chi connectivity index (χ1) is 18.6. The SMILES string of the molecule is Cc1cc(Nc2nc(N(C)c3c(F)cc(S(C)(=O)=O)cc3F)nc(-c3cnn(C)c3C(C)(C)O)c2C2CC2)n[nH]1. The van der Waals surface area contributed by atoms with Gasteiger partial charge in [0, 0.05) is 43.2 Å². The maximum absolute atomic E-state index is 15.2. The smallest absolute Gasteiger partial charge is 0.232 e. The maximum Gasteiger partial charge on any atom is 0.232 e. The maximum atomic E-state index is 15.2. The third-order valence-electron chi connectivity index (χ3n) is 6.70. The van der Waals surface area contributed by atoms with Crippen molar-refractivity contribution in [2.45, 2.75) is 50.0 Å². The van der Waals surface area contributed by atoms with Crippen LogP contribution in [0.5, 0.6) is 0 Å². The third-order valence-corrected chi connectivity index (χ3v) is 7.79. The second kappa shape index (κ2) is 9.63. The first-order valence-electron chi connectivity index (χ1n) is 12.5. The molecule has 1 aromatic carbocycles. The Hall–Kier alpha value is -3.91. The van der Waals surface area contributed by atoms with Gasteiger partial charge >= 0.3 is 0 Å². The standard InChI is InChI=1S/C26H30F2N8O3S/c1-13-9-19(34-33-13)30-24-20(14-7-8-14)21(16-12-29-36(5)23(16)26(2,3)37)31-25(32-24)35(4)22-17(27)10-15(11-18(22)28)40(6,38)39/h9-12,14,37H,7-8H2,1-6H3,(H2,30,31,32,33,34). The minimum Gasteiger partial charge on any atom is -0.384 e. The molecule has 40 heavy (non-hydrogen) atoms. The molecule has 0 aliphatic heterocycles. The number of rotatable bonds is 8. The molecule has 0 unspecified atom stereocenters. The van der Waals surface area contributed by atoms with Gasteiger partial charge in [-0.05, 0) is 51.7 Å². The quantitative estimate of drug-likeness (QED) is 0.283. The number of nitrogens with zero attached hydrogens (tertiary/aromatic N) is 6. The molecule has 0 atom stereocenters. The Morgan fingerprint density at radius 3 is 2.35 bits per heavy atom. The van der Waals surface area contributed by atoms with Crippen molar-refractivity contribution in [1.29, 1.82) is 0 Å². The molecule has 3 heterocycles. The summed E-state index contributed by atoms with van der Waals surface area (Å²) in [6, 6.07) is 3.32. The molecular weight excluding hydrogens is 542 g/mol. The van der Waals surface area contributed by atoms with Crippen molar-refractivity contribution in [2.75, 3.05) is 23.5 Å². The molecule has 11 nitrogen and oxygen atoms in total. The van der Waals surface area contributed by atoms with Crippen LogP contribution in [0.4, 0.5) is 32.1 Å². The van der Waals surface area contributed by atoms with Gasteiger partial charge in [0.2, 0.25) is 5.95 Å². The summed E-state index contributed by atoms with van der Waals surface area (Å²) in [6.07, 6.45) is 4.23. The molecule has 1 saturated carbocycles. The Morgan fingerprint density at radius 2 is 1.82 bits per heavy atom. The molecule has 0 amide bonds. The number of hydrogen-bond acceptors (Lipinski definition) is 9. The summed E-state index contributed by atoms with van der Waals surface area (Å²) in [4.78, 5) is 10.1. The topological polar surface area (TPSA) is 142 Å². The number of nitrogens with one attached hydrogen (secondary N) is 2. The van der Waals surface area contributed by atoms with E-state index in [1.54, 1.807) is 37.8 Å². The number of anilines is 4. The van der Waals surface area contributed by atoms with E-state index >= 15 is 8.78 Å². The van der Waals surface area contributed by atoms with Gasteiger partial charge < -0.3 is 15.3 Å². The predicted octanol–water partition coefficient (Wildman–Crippen LogP) is 4.21. The van der Waals surface area contributed by atoms with Crippen molar-refractivity contribution in [3.05, 3.63) is 53.0 Å². The predicted molar refractivity (Wildman–Crippen MR) is 146 cm³/mol. The molecule has 212 valence electrons. The first-order valence-corrected chi connectivity index (χ1v) is 14.4. The van der Waals surface area contributed by atoms with Gasteiger partial charge in [-0.1, -0.05) is 0 Å². The molecule has 0 saturated heterocycles. The monoisotopic (exact) mass is 572 g/mol. The second-order valence-electron chi connectivity index (χ2n) is 10.6. The van der Waals surface area contributed by atoms with Crippen molar-refractivity contribution < 1.29 is 22.3 Å². The molecule has 1 aliphatic rings. The third kappa shape index (κ3) is 5.16. The fraction of sp³-hybridized carbons (Fsp3) is 0.385. The van der Waals surface area contributed by atoms with Crippen LogP contribution in [-0.4, -0.2) is 56.8 Å². The lowest BCUT2D eigenvalue weighted by Gasteiger charge is -2.24. The van der Waals surface area contributed by atoms with Gasteiger partial charge in [0.1, 0.15) is 17.1 Å². The van der Waals surface area contributed by atoms with Gasteiger partial charge in [0.05, 0.1) is 22.5 Å². The van der Waals surface area contributed by atoms with Gasteiger partial charge in [0.25, 0.3) is 0 Å². The zero-order chi connectivity index (χ0) is 29.1. The summed E-state index contributed by atoms with van der Waals surface area (Å²) >= 11 is 0. The van der Waals surface area contributed by atoms with Gasteiger partial charge in [0.15, 0.2) is 27.3 Å². The Bertz CT molecular complexity index is 1700. The fourth-order valence-electron chi connectivity index (χ4n) is 4.78. The van der Waals surface area contributed by atoms with Crippen LogP contribution in [0.25, 0.3) is 11.3 Å². The van der Waals surface area contributed by atoms with Crippen molar-refractivity contribution >= 4 is 33.1 Å².